The number of ether oxygens (including phenoxy) is 2. The molecule has 1 N–H and O–H groups in total. The van der Waals surface area contributed by atoms with Crippen LogP contribution in [-0.4, -0.2) is 31.6 Å². The van der Waals surface area contributed by atoms with Crippen molar-refractivity contribution in [1.29, 1.82) is 0 Å². The Morgan fingerprint density at radius 3 is 2.56 bits per heavy atom. The number of halogens is 1. The van der Waals surface area contributed by atoms with Gasteiger partial charge in [-0.05, 0) is 22.0 Å². The number of carbonyl (C=O) groups excluding carboxylic acids is 2. The first kappa shape index (κ1) is 12.5. The van der Waals surface area contributed by atoms with Crippen molar-refractivity contribution in [3.05, 3.63) is 21.7 Å². The Bertz CT molecular complexity index is 441. The van der Waals surface area contributed by atoms with E-state index in [1.54, 1.807) is 0 Å². The van der Waals surface area contributed by atoms with Gasteiger partial charge in [-0.15, -0.1) is 0 Å². The van der Waals surface area contributed by atoms with Crippen LogP contribution < -0.4 is 4.74 Å². The van der Waals surface area contributed by atoms with Crippen LogP contribution in [0.5, 0.6) is 11.5 Å². The summed E-state index contributed by atoms with van der Waals surface area (Å²) in [5, 5.41) is 9.67. The molecule has 0 saturated carbocycles. The smallest absolute Gasteiger partial charge is 0.338 e. The van der Waals surface area contributed by atoms with Crippen LogP contribution in [0.15, 0.2) is 10.5 Å². The van der Waals surface area contributed by atoms with Crippen molar-refractivity contribution in [3.63, 3.8) is 0 Å². The number of hydrogen-bond donors (Lipinski definition) is 1. The molecule has 0 aliphatic heterocycles. The quantitative estimate of drug-likeness (QED) is 0.678. The Labute approximate surface area is 100 Å². The predicted molar refractivity (Wildman–Crippen MR) is 59.1 cm³/mol. The zero-order chi connectivity index (χ0) is 12.3. The molecular formula is C10H9BrO5. The lowest BCUT2D eigenvalue weighted by molar-refractivity contribution is 0.0597. The van der Waals surface area contributed by atoms with Crippen molar-refractivity contribution in [2.75, 3.05) is 14.2 Å². The number of phenolic OH excluding ortho intramolecular Hbond substituents is 1. The molecule has 1 aromatic carbocycles. The van der Waals surface area contributed by atoms with Gasteiger partial charge in [-0.3, -0.25) is 4.79 Å². The molecule has 1 rings (SSSR count). The molecule has 16 heavy (non-hydrogen) atoms. The third-order valence-corrected chi connectivity index (χ3v) is 2.75. The van der Waals surface area contributed by atoms with E-state index in [1.807, 2.05) is 0 Å². The number of rotatable bonds is 3. The van der Waals surface area contributed by atoms with Gasteiger partial charge in [0.1, 0.15) is 16.0 Å². The van der Waals surface area contributed by atoms with Crippen LogP contribution in [-0.2, 0) is 4.74 Å². The lowest BCUT2D eigenvalue weighted by Gasteiger charge is -2.10. The minimum Gasteiger partial charge on any atom is -0.506 e. The van der Waals surface area contributed by atoms with Gasteiger partial charge in [-0.1, -0.05) is 0 Å². The van der Waals surface area contributed by atoms with E-state index in [0.29, 0.717) is 6.29 Å². The maximum absolute atomic E-state index is 11.4. The molecule has 86 valence electrons. The summed E-state index contributed by atoms with van der Waals surface area (Å²) >= 11 is 3.05. The summed E-state index contributed by atoms with van der Waals surface area (Å²) in [4.78, 5) is 22.2. The third-order valence-electron chi connectivity index (χ3n) is 1.99. The average Bonchev–Trinajstić information content (AvgIpc) is 2.31. The van der Waals surface area contributed by atoms with Gasteiger partial charge in [0.15, 0.2) is 6.29 Å². The van der Waals surface area contributed by atoms with Gasteiger partial charge in [-0.25, -0.2) is 4.79 Å². The number of methoxy groups -OCH3 is 2. The maximum Gasteiger partial charge on any atom is 0.338 e. The molecule has 0 heterocycles. The third kappa shape index (κ3) is 2.01. The standard InChI is InChI=1S/C10H9BrO5/c1-15-7-3-5(10(14)16-2)6(4-12)9(13)8(7)11/h3-4,13H,1-2H3. The number of aldehydes is 1. The van der Waals surface area contributed by atoms with E-state index in [4.69, 9.17) is 4.74 Å². The highest BCUT2D eigenvalue weighted by Gasteiger charge is 2.21. The molecule has 1 aromatic rings. The second kappa shape index (κ2) is 4.98. The SMILES string of the molecule is COC(=O)c1cc(OC)c(Br)c(O)c1C=O. The molecule has 0 aliphatic carbocycles. The van der Waals surface area contributed by atoms with Crippen molar-refractivity contribution in [3.8, 4) is 11.5 Å². The molecule has 0 aromatic heterocycles. The number of esters is 1. The Kier molecular flexibility index (Phi) is 3.89. The van der Waals surface area contributed by atoms with Crippen molar-refractivity contribution >= 4 is 28.2 Å². The zero-order valence-electron chi connectivity index (χ0n) is 8.61. The Hall–Kier alpha value is -1.56. The summed E-state index contributed by atoms with van der Waals surface area (Å²) in [6.45, 7) is 0. The van der Waals surface area contributed by atoms with E-state index in [1.165, 1.54) is 20.3 Å². The molecule has 6 heteroatoms. The first-order valence-electron chi connectivity index (χ1n) is 4.19. The van der Waals surface area contributed by atoms with Gasteiger partial charge in [0, 0.05) is 0 Å². The van der Waals surface area contributed by atoms with Crippen LogP contribution in [0.1, 0.15) is 20.7 Å². The Balaban J connectivity index is 3.53. The topological polar surface area (TPSA) is 72.8 Å². The molecule has 0 amide bonds. The molecule has 5 nitrogen and oxygen atoms in total. The van der Waals surface area contributed by atoms with Crippen molar-refractivity contribution in [2.24, 2.45) is 0 Å². The summed E-state index contributed by atoms with van der Waals surface area (Å²) in [6, 6.07) is 1.32. The van der Waals surface area contributed by atoms with Gasteiger partial charge in [-0.2, -0.15) is 0 Å². The molecule has 0 bridgehead atoms. The fourth-order valence-corrected chi connectivity index (χ4v) is 1.67. The molecule has 0 spiro atoms. The highest BCUT2D eigenvalue weighted by Crippen LogP contribution is 2.38. The number of phenols is 1. The fraction of sp³-hybridized carbons (Fsp3) is 0.200. The highest BCUT2D eigenvalue weighted by atomic mass is 79.9. The monoisotopic (exact) mass is 288 g/mol. The summed E-state index contributed by atoms with van der Waals surface area (Å²) in [7, 11) is 2.56. The summed E-state index contributed by atoms with van der Waals surface area (Å²) in [5.74, 6) is -0.832. The lowest BCUT2D eigenvalue weighted by atomic mass is 10.1. The van der Waals surface area contributed by atoms with Gasteiger partial charge >= 0.3 is 5.97 Å². The Morgan fingerprint density at radius 1 is 1.50 bits per heavy atom. The molecule has 0 aliphatic rings. The lowest BCUT2D eigenvalue weighted by Crippen LogP contribution is -2.06. The van der Waals surface area contributed by atoms with Gasteiger partial charge in [0.25, 0.3) is 0 Å². The highest BCUT2D eigenvalue weighted by molar-refractivity contribution is 9.10. The number of hydrogen-bond acceptors (Lipinski definition) is 5. The second-order valence-corrected chi connectivity index (χ2v) is 3.61. The van der Waals surface area contributed by atoms with Crippen molar-refractivity contribution in [2.45, 2.75) is 0 Å². The van der Waals surface area contributed by atoms with E-state index >= 15 is 0 Å². The summed E-state index contributed by atoms with van der Waals surface area (Å²) in [5.41, 5.74) is -0.186. The zero-order valence-corrected chi connectivity index (χ0v) is 10.2. The Morgan fingerprint density at radius 2 is 2.12 bits per heavy atom. The van der Waals surface area contributed by atoms with E-state index in [0.717, 1.165) is 0 Å². The van der Waals surface area contributed by atoms with Crippen LogP contribution in [0.3, 0.4) is 0 Å². The second-order valence-electron chi connectivity index (χ2n) is 2.81. The van der Waals surface area contributed by atoms with Gasteiger partial charge in [0.2, 0.25) is 0 Å². The first-order valence-corrected chi connectivity index (χ1v) is 4.99. The molecular weight excluding hydrogens is 280 g/mol. The fourth-order valence-electron chi connectivity index (χ4n) is 1.18. The summed E-state index contributed by atoms with van der Waals surface area (Å²) < 4.78 is 9.64. The van der Waals surface area contributed by atoms with Crippen molar-refractivity contribution < 1.29 is 24.2 Å². The van der Waals surface area contributed by atoms with Crippen LogP contribution in [0.25, 0.3) is 0 Å². The van der Waals surface area contributed by atoms with Crippen LogP contribution in [0.2, 0.25) is 0 Å². The van der Waals surface area contributed by atoms with Crippen molar-refractivity contribution in [1.82, 2.24) is 0 Å². The van der Waals surface area contributed by atoms with Gasteiger partial charge in [0.05, 0.1) is 25.3 Å². The minimum atomic E-state index is -0.719. The largest absolute Gasteiger partial charge is 0.506 e. The maximum atomic E-state index is 11.4. The number of benzene rings is 1. The van der Waals surface area contributed by atoms with E-state index < -0.39 is 5.97 Å². The van der Waals surface area contributed by atoms with Crippen LogP contribution in [0.4, 0.5) is 0 Å². The molecule has 0 fully saturated rings. The van der Waals surface area contributed by atoms with E-state index in [9.17, 15) is 14.7 Å². The molecule has 0 radical (unpaired) electrons. The van der Waals surface area contributed by atoms with Gasteiger partial charge < -0.3 is 14.6 Å². The number of aromatic hydroxyl groups is 1. The minimum absolute atomic E-state index is 0.0462. The molecule has 0 atom stereocenters. The molecule has 0 saturated heterocycles. The van der Waals surface area contributed by atoms with Crippen LogP contribution in [0, 0.1) is 0 Å². The molecule has 0 unspecified atom stereocenters. The number of carbonyl (C=O) groups is 2. The van der Waals surface area contributed by atoms with E-state index in [2.05, 4.69) is 20.7 Å². The van der Waals surface area contributed by atoms with E-state index in [-0.39, 0.29) is 27.1 Å². The normalized spacial score (nSPS) is 9.69. The predicted octanol–water partition coefficient (Wildman–Crippen LogP) is 1.76. The average molecular weight is 289 g/mol. The first-order chi connectivity index (χ1) is 7.56. The summed E-state index contributed by atoms with van der Waals surface area (Å²) in [6.07, 6.45) is 0.381. The van der Waals surface area contributed by atoms with Crippen LogP contribution >= 0.6 is 15.9 Å².